The third-order valence-corrected chi connectivity index (χ3v) is 4.14. The molecule has 0 heterocycles. The number of carbonyl (C=O) groups is 1. The molecule has 0 aliphatic rings. The van der Waals surface area contributed by atoms with E-state index in [2.05, 4.69) is 5.32 Å². The molecule has 0 fully saturated rings. The first-order chi connectivity index (χ1) is 9.95. The van der Waals surface area contributed by atoms with Gasteiger partial charge in [-0.05, 0) is 42.3 Å². The zero-order chi connectivity index (χ0) is 15.4. The van der Waals surface area contributed by atoms with Gasteiger partial charge in [0.05, 0.1) is 0 Å². The molecular weight excluding hydrogens is 306 g/mol. The molecule has 2 aromatic carbocycles. The number of amides is 1. The fourth-order valence-corrected chi connectivity index (χ4v) is 2.74. The molecule has 21 heavy (non-hydrogen) atoms. The molecule has 2 aromatic rings. The van der Waals surface area contributed by atoms with E-state index in [1.54, 1.807) is 30.5 Å². The zero-order valence-corrected chi connectivity index (χ0v) is 13.4. The van der Waals surface area contributed by atoms with Crippen molar-refractivity contribution in [1.82, 2.24) is 0 Å². The summed E-state index contributed by atoms with van der Waals surface area (Å²) in [4.78, 5) is 12.2. The number of carbonyl (C=O) groups excluding carboxylic acids is 1. The van der Waals surface area contributed by atoms with Crippen LogP contribution in [0.15, 0.2) is 42.5 Å². The lowest BCUT2D eigenvalue weighted by Gasteiger charge is -2.08. The van der Waals surface area contributed by atoms with Gasteiger partial charge in [-0.3, -0.25) is 9.00 Å². The zero-order valence-electron chi connectivity index (χ0n) is 11.9. The van der Waals surface area contributed by atoms with Gasteiger partial charge in [0.2, 0.25) is 0 Å². The minimum Gasteiger partial charge on any atom is -0.322 e. The summed E-state index contributed by atoms with van der Waals surface area (Å²) in [5, 5.41) is 3.42. The number of anilines is 1. The van der Waals surface area contributed by atoms with Gasteiger partial charge in [0, 0.05) is 39.1 Å². The maximum absolute atomic E-state index is 12.2. The Morgan fingerprint density at radius 1 is 1.24 bits per heavy atom. The summed E-state index contributed by atoms with van der Waals surface area (Å²) in [6.45, 7) is 1.91. The molecule has 1 atom stereocenters. The molecule has 3 nitrogen and oxygen atoms in total. The van der Waals surface area contributed by atoms with Crippen LogP contribution < -0.4 is 5.32 Å². The van der Waals surface area contributed by atoms with E-state index < -0.39 is 10.8 Å². The van der Waals surface area contributed by atoms with E-state index in [4.69, 9.17) is 11.6 Å². The molecule has 0 aliphatic carbocycles. The second-order valence-electron chi connectivity index (χ2n) is 4.84. The van der Waals surface area contributed by atoms with Gasteiger partial charge in [-0.2, -0.15) is 0 Å². The summed E-state index contributed by atoms with van der Waals surface area (Å²) in [5.74, 6) is 0.232. The number of aryl methyl sites for hydroxylation is 1. The minimum absolute atomic E-state index is 0.210. The van der Waals surface area contributed by atoms with Crippen molar-refractivity contribution in [1.29, 1.82) is 0 Å². The molecule has 1 N–H and O–H groups in total. The van der Waals surface area contributed by atoms with Crippen molar-refractivity contribution in [3.63, 3.8) is 0 Å². The second-order valence-corrected chi connectivity index (χ2v) is 6.68. The van der Waals surface area contributed by atoms with Gasteiger partial charge in [-0.15, -0.1) is 0 Å². The van der Waals surface area contributed by atoms with Crippen LogP contribution in [0, 0.1) is 6.92 Å². The first kappa shape index (κ1) is 15.7. The quantitative estimate of drug-likeness (QED) is 0.931. The Balaban J connectivity index is 2.16. The van der Waals surface area contributed by atoms with Crippen LogP contribution in [0.1, 0.15) is 21.5 Å². The van der Waals surface area contributed by atoms with Gasteiger partial charge in [0.1, 0.15) is 0 Å². The van der Waals surface area contributed by atoms with Crippen LogP contribution in [0.3, 0.4) is 0 Å². The first-order valence-electron chi connectivity index (χ1n) is 6.42. The van der Waals surface area contributed by atoms with Crippen LogP contribution in [0.25, 0.3) is 0 Å². The highest BCUT2D eigenvalue weighted by Gasteiger charge is 2.08. The number of nitrogens with one attached hydrogen (secondary N) is 1. The molecule has 110 valence electrons. The molecule has 0 aliphatic heterocycles. The molecular formula is C16H16ClNO2S. The van der Waals surface area contributed by atoms with Gasteiger partial charge in [0.15, 0.2) is 0 Å². The number of hydrogen-bond acceptors (Lipinski definition) is 2. The van der Waals surface area contributed by atoms with Crippen molar-refractivity contribution in [3.8, 4) is 0 Å². The summed E-state index contributed by atoms with van der Waals surface area (Å²) in [5.41, 5.74) is 3.03. The van der Waals surface area contributed by atoms with Crippen LogP contribution >= 0.6 is 11.6 Å². The van der Waals surface area contributed by atoms with Crippen molar-refractivity contribution in [3.05, 3.63) is 64.2 Å². The van der Waals surface area contributed by atoms with Gasteiger partial charge in [-0.1, -0.05) is 29.8 Å². The van der Waals surface area contributed by atoms with Crippen LogP contribution in [-0.4, -0.2) is 16.4 Å². The number of benzene rings is 2. The average Bonchev–Trinajstić information content (AvgIpc) is 2.42. The molecule has 5 heteroatoms. The molecule has 0 bridgehead atoms. The summed E-state index contributed by atoms with van der Waals surface area (Å²) >= 11 is 6.04. The van der Waals surface area contributed by atoms with Crippen LogP contribution in [0.5, 0.6) is 0 Å². The fourth-order valence-electron chi connectivity index (χ4n) is 1.91. The highest BCUT2D eigenvalue weighted by Crippen LogP contribution is 2.20. The third kappa shape index (κ3) is 4.41. The molecule has 1 amide bonds. The lowest BCUT2D eigenvalue weighted by atomic mass is 10.1. The Hall–Kier alpha value is -1.65. The normalized spacial score (nSPS) is 12.0. The van der Waals surface area contributed by atoms with E-state index in [0.29, 0.717) is 22.0 Å². The number of rotatable bonds is 4. The number of hydrogen-bond donors (Lipinski definition) is 1. The van der Waals surface area contributed by atoms with E-state index >= 15 is 0 Å². The average molecular weight is 322 g/mol. The Morgan fingerprint density at radius 2 is 2.00 bits per heavy atom. The van der Waals surface area contributed by atoms with Crippen molar-refractivity contribution in [2.45, 2.75) is 12.7 Å². The van der Waals surface area contributed by atoms with Crippen LogP contribution in [0.2, 0.25) is 5.02 Å². The van der Waals surface area contributed by atoms with Crippen LogP contribution in [0.4, 0.5) is 5.69 Å². The predicted molar refractivity (Wildman–Crippen MR) is 88.4 cm³/mol. The lowest BCUT2D eigenvalue weighted by Crippen LogP contribution is -2.12. The van der Waals surface area contributed by atoms with Gasteiger partial charge < -0.3 is 5.32 Å². The van der Waals surface area contributed by atoms with Crippen molar-refractivity contribution >= 4 is 34.0 Å². The molecule has 1 unspecified atom stereocenters. The van der Waals surface area contributed by atoms with Crippen molar-refractivity contribution in [2.75, 3.05) is 11.6 Å². The second kappa shape index (κ2) is 6.87. The highest BCUT2D eigenvalue weighted by molar-refractivity contribution is 7.83. The van der Waals surface area contributed by atoms with E-state index in [0.717, 1.165) is 11.1 Å². The third-order valence-electron chi connectivity index (χ3n) is 2.99. The monoisotopic (exact) mass is 321 g/mol. The van der Waals surface area contributed by atoms with E-state index in [1.807, 2.05) is 25.1 Å². The molecule has 2 rings (SSSR count). The number of halogens is 1. The Kier molecular flexibility index (Phi) is 5.15. The Bertz CT molecular complexity index is 700. The van der Waals surface area contributed by atoms with Crippen LogP contribution in [-0.2, 0) is 16.6 Å². The largest absolute Gasteiger partial charge is 0.322 e. The Morgan fingerprint density at radius 3 is 2.67 bits per heavy atom. The maximum atomic E-state index is 12.2. The van der Waals surface area contributed by atoms with Crippen molar-refractivity contribution < 1.29 is 9.00 Å². The summed E-state index contributed by atoms with van der Waals surface area (Å²) < 4.78 is 11.3. The van der Waals surface area contributed by atoms with Crippen molar-refractivity contribution in [2.24, 2.45) is 0 Å². The van der Waals surface area contributed by atoms with E-state index in [9.17, 15) is 9.00 Å². The summed E-state index contributed by atoms with van der Waals surface area (Å²) in [6.07, 6.45) is 1.64. The minimum atomic E-state index is -0.931. The molecule has 0 aromatic heterocycles. The van der Waals surface area contributed by atoms with Gasteiger partial charge >= 0.3 is 0 Å². The standard InChI is InChI=1S/C16H16ClNO2S/c1-11-6-7-14(9-15(11)17)18-16(19)13-5-3-4-12(8-13)10-21(2)20/h3-9H,10H2,1-2H3,(H,18,19). The lowest BCUT2D eigenvalue weighted by molar-refractivity contribution is 0.102. The Labute approximate surface area is 131 Å². The molecule has 0 spiro atoms. The van der Waals surface area contributed by atoms with E-state index in [1.165, 1.54) is 0 Å². The molecule has 0 saturated heterocycles. The molecule has 0 saturated carbocycles. The predicted octanol–water partition coefficient (Wildman–Crippen LogP) is 3.78. The highest BCUT2D eigenvalue weighted by atomic mass is 35.5. The van der Waals surface area contributed by atoms with Gasteiger partial charge in [-0.25, -0.2) is 0 Å². The maximum Gasteiger partial charge on any atom is 0.255 e. The van der Waals surface area contributed by atoms with E-state index in [-0.39, 0.29) is 5.91 Å². The molecule has 0 radical (unpaired) electrons. The fraction of sp³-hybridized carbons (Fsp3) is 0.188. The summed E-state index contributed by atoms with van der Waals surface area (Å²) in [6, 6.07) is 12.5. The van der Waals surface area contributed by atoms with Gasteiger partial charge in [0.25, 0.3) is 5.91 Å². The smallest absolute Gasteiger partial charge is 0.255 e. The SMILES string of the molecule is Cc1ccc(NC(=O)c2cccc(CS(C)=O)c2)cc1Cl. The summed E-state index contributed by atoms with van der Waals surface area (Å²) in [7, 11) is -0.931. The first-order valence-corrected chi connectivity index (χ1v) is 8.52. The topological polar surface area (TPSA) is 46.2 Å².